The second-order valence-corrected chi connectivity index (χ2v) is 6.51. The van der Waals surface area contributed by atoms with Crippen LogP contribution in [0.15, 0.2) is 41.7 Å². The summed E-state index contributed by atoms with van der Waals surface area (Å²) in [7, 11) is 6.23. The van der Waals surface area contributed by atoms with Gasteiger partial charge in [-0.1, -0.05) is 44.2 Å². The van der Waals surface area contributed by atoms with Crippen LogP contribution in [0.2, 0.25) is 0 Å². The Morgan fingerprint density at radius 3 is 2.34 bits per heavy atom. The van der Waals surface area contributed by atoms with Crippen molar-refractivity contribution in [3.63, 3.8) is 0 Å². The Balaban J connectivity index is 0.00000249. The van der Waals surface area contributed by atoms with Crippen LogP contribution in [0.25, 0.3) is 0 Å². The second kappa shape index (κ2) is 12.7. The van der Waals surface area contributed by atoms with Crippen LogP contribution in [0, 0.1) is 0 Å². The Bertz CT molecular complexity index is 951. The highest BCUT2D eigenvalue weighted by Crippen LogP contribution is 2.24. The first-order valence-corrected chi connectivity index (χ1v) is 10.1. The summed E-state index contributed by atoms with van der Waals surface area (Å²) in [6.45, 7) is 4.32. The number of nitrogens with zero attached hydrogens (tertiary/aromatic N) is 3. The van der Waals surface area contributed by atoms with Crippen LogP contribution in [0.4, 0.5) is 11.5 Å². The number of aromatic nitrogens is 2. The molecule has 0 radical (unpaired) electrons. The van der Waals surface area contributed by atoms with Gasteiger partial charge in [0.15, 0.2) is 17.8 Å². The van der Waals surface area contributed by atoms with Gasteiger partial charge in [-0.25, -0.2) is 10.1 Å². The van der Waals surface area contributed by atoms with E-state index in [1.807, 2.05) is 44.2 Å². The quantitative estimate of drug-likeness (QED) is 0.215. The Kier molecular flexibility index (Phi) is 10.4. The number of nitrogens with two attached hydrogens (primary N) is 1. The molecule has 0 saturated heterocycles. The largest absolute Gasteiger partial charge is 0.394 e. The zero-order valence-corrected chi connectivity index (χ0v) is 19.3. The minimum absolute atomic E-state index is 0.00712. The average Bonchev–Trinajstić information content (AvgIpc) is 3.08. The standard InChI is InChI=1S/C19H26N8O3.C2H6/c1-21-24-18(29)15(13(11-28)22-10-12-8-6-5-7-9-12)23-17-14(20)16(25-27(17)4)19(30)26(2)3;1-2/h5-9,11,21-23H,10,20H2,1-4H3,(H,24,29);1-2H3/b15-13-;. The van der Waals surface area contributed by atoms with Crippen LogP contribution in [-0.4, -0.2) is 53.9 Å². The van der Waals surface area contributed by atoms with Crippen molar-refractivity contribution in [2.24, 2.45) is 7.05 Å². The summed E-state index contributed by atoms with van der Waals surface area (Å²) >= 11 is 0. The molecule has 2 amide bonds. The number of rotatable bonds is 9. The van der Waals surface area contributed by atoms with E-state index in [-0.39, 0.29) is 34.5 Å². The molecule has 11 nitrogen and oxygen atoms in total. The molecular weight excluding hydrogens is 412 g/mol. The number of carbonyl (C=O) groups excluding carboxylic acids is 3. The van der Waals surface area contributed by atoms with E-state index in [1.165, 1.54) is 16.6 Å². The number of anilines is 2. The number of nitrogen functional groups attached to an aromatic ring is 1. The lowest BCUT2D eigenvalue weighted by Gasteiger charge is -2.16. The molecule has 0 fully saturated rings. The van der Waals surface area contributed by atoms with Gasteiger partial charge in [-0.3, -0.25) is 19.8 Å². The van der Waals surface area contributed by atoms with Crippen LogP contribution in [0.3, 0.4) is 0 Å². The number of benzene rings is 1. The molecule has 0 aliphatic rings. The summed E-state index contributed by atoms with van der Waals surface area (Å²) in [4.78, 5) is 38.0. The SMILES string of the molecule is CC.CNNC(=O)/C(Nc1c(N)c(C(=O)N(C)C)nn1C)=C(\C=O)NCc1ccccc1. The van der Waals surface area contributed by atoms with E-state index in [0.29, 0.717) is 12.8 Å². The Morgan fingerprint density at radius 2 is 1.81 bits per heavy atom. The van der Waals surface area contributed by atoms with E-state index in [2.05, 4.69) is 26.6 Å². The highest BCUT2D eigenvalue weighted by Gasteiger charge is 2.24. The van der Waals surface area contributed by atoms with Crippen molar-refractivity contribution >= 4 is 29.6 Å². The maximum Gasteiger partial charge on any atom is 0.284 e. The van der Waals surface area contributed by atoms with Crippen molar-refractivity contribution in [2.75, 3.05) is 32.2 Å². The fourth-order valence-corrected chi connectivity index (χ4v) is 2.58. The van der Waals surface area contributed by atoms with Crippen LogP contribution in [0.1, 0.15) is 29.9 Å². The number of allylic oxidation sites excluding steroid dienone is 1. The van der Waals surface area contributed by atoms with E-state index in [4.69, 9.17) is 5.73 Å². The van der Waals surface area contributed by atoms with Crippen molar-refractivity contribution in [3.8, 4) is 0 Å². The molecule has 0 unspecified atom stereocenters. The van der Waals surface area contributed by atoms with Crippen LogP contribution >= 0.6 is 0 Å². The number of aryl methyl sites for hydroxylation is 1. The molecule has 0 saturated carbocycles. The topological polar surface area (TPSA) is 146 Å². The Morgan fingerprint density at radius 1 is 1.19 bits per heavy atom. The monoisotopic (exact) mass is 444 g/mol. The molecule has 32 heavy (non-hydrogen) atoms. The van der Waals surface area contributed by atoms with Crippen LogP contribution in [0.5, 0.6) is 0 Å². The molecular formula is C21H32N8O3. The van der Waals surface area contributed by atoms with Gasteiger partial charge >= 0.3 is 0 Å². The molecule has 2 rings (SSSR count). The summed E-state index contributed by atoms with van der Waals surface area (Å²) in [5.41, 5.74) is 12.0. The first-order chi connectivity index (χ1) is 15.3. The number of carbonyl (C=O) groups is 3. The smallest absolute Gasteiger partial charge is 0.284 e. The third kappa shape index (κ3) is 6.57. The van der Waals surface area contributed by atoms with Crippen molar-refractivity contribution in [1.82, 2.24) is 30.8 Å². The normalized spacial score (nSPS) is 10.8. The molecule has 11 heteroatoms. The van der Waals surface area contributed by atoms with E-state index >= 15 is 0 Å². The summed E-state index contributed by atoms with van der Waals surface area (Å²) in [5.74, 6) is -0.803. The zero-order chi connectivity index (χ0) is 24.3. The number of hydrogen-bond donors (Lipinski definition) is 5. The van der Waals surface area contributed by atoms with Crippen LogP contribution in [-0.2, 0) is 23.2 Å². The van der Waals surface area contributed by atoms with E-state index < -0.39 is 5.91 Å². The number of nitrogens with one attached hydrogen (secondary N) is 4. The predicted octanol–water partition coefficient (Wildman–Crippen LogP) is 0.593. The van der Waals surface area contributed by atoms with E-state index in [9.17, 15) is 14.4 Å². The average molecular weight is 445 g/mol. The number of aldehydes is 1. The third-order valence-corrected chi connectivity index (χ3v) is 4.11. The summed E-state index contributed by atoms with van der Waals surface area (Å²) < 4.78 is 1.33. The summed E-state index contributed by atoms with van der Waals surface area (Å²) in [6.07, 6.45) is 0.527. The first kappa shape index (κ1) is 26.2. The minimum Gasteiger partial charge on any atom is -0.394 e. The van der Waals surface area contributed by atoms with Crippen LogP contribution < -0.4 is 27.2 Å². The molecule has 174 valence electrons. The fourth-order valence-electron chi connectivity index (χ4n) is 2.58. The molecule has 0 atom stereocenters. The Hall–Kier alpha value is -3.86. The van der Waals surface area contributed by atoms with Gasteiger partial charge in [-0.2, -0.15) is 5.10 Å². The third-order valence-electron chi connectivity index (χ3n) is 4.11. The van der Waals surface area contributed by atoms with Gasteiger partial charge in [0.2, 0.25) is 0 Å². The fraction of sp³-hybridized carbons (Fsp3) is 0.333. The number of amides is 2. The van der Waals surface area contributed by atoms with Gasteiger partial charge < -0.3 is 21.3 Å². The molecule has 0 aliphatic heterocycles. The van der Waals surface area contributed by atoms with Gasteiger partial charge in [0.05, 0.1) is 0 Å². The lowest BCUT2D eigenvalue weighted by Crippen LogP contribution is -2.39. The highest BCUT2D eigenvalue weighted by atomic mass is 16.2. The van der Waals surface area contributed by atoms with Gasteiger partial charge in [0.1, 0.15) is 17.1 Å². The van der Waals surface area contributed by atoms with Crippen molar-refractivity contribution in [3.05, 3.63) is 53.0 Å². The molecule has 1 aromatic heterocycles. The zero-order valence-electron chi connectivity index (χ0n) is 19.3. The summed E-state index contributed by atoms with van der Waals surface area (Å²) in [5, 5.41) is 9.91. The summed E-state index contributed by atoms with van der Waals surface area (Å²) in [6, 6.07) is 9.38. The van der Waals surface area contributed by atoms with Gasteiger partial charge in [-0.05, 0) is 5.56 Å². The maximum atomic E-state index is 12.6. The minimum atomic E-state index is -0.610. The molecule has 0 spiro atoms. The van der Waals surface area contributed by atoms with E-state index in [1.54, 1.807) is 21.1 Å². The lowest BCUT2D eigenvalue weighted by molar-refractivity contribution is -0.118. The van der Waals surface area contributed by atoms with Gasteiger partial charge in [0.25, 0.3) is 11.8 Å². The first-order valence-electron chi connectivity index (χ1n) is 10.1. The van der Waals surface area contributed by atoms with E-state index in [0.717, 1.165) is 5.56 Å². The molecule has 1 aromatic carbocycles. The lowest BCUT2D eigenvalue weighted by atomic mass is 10.2. The molecule has 1 heterocycles. The number of hydrogen-bond acceptors (Lipinski definition) is 8. The Labute approximate surface area is 188 Å². The van der Waals surface area contributed by atoms with Crippen molar-refractivity contribution in [1.29, 1.82) is 0 Å². The second-order valence-electron chi connectivity index (χ2n) is 6.51. The molecule has 2 aromatic rings. The molecule has 0 bridgehead atoms. The molecule has 6 N–H and O–H groups in total. The van der Waals surface area contributed by atoms with Crippen molar-refractivity contribution in [2.45, 2.75) is 20.4 Å². The van der Waals surface area contributed by atoms with Crippen molar-refractivity contribution < 1.29 is 14.4 Å². The maximum absolute atomic E-state index is 12.6. The van der Waals surface area contributed by atoms with Gasteiger partial charge in [0, 0.05) is 34.7 Å². The highest BCUT2D eigenvalue weighted by molar-refractivity contribution is 6.03. The number of hydrazine groups is 1. The molecule has 0 aliphatic carbocycles. The van der Waals surface area contributed by atoms with Gasteiger partial charge in [-0.15, -0.1) is 0 Å². The predicted molar refractivity (Wildman–Crippen MR) is 124 cm³/mol.